The van der Waals surface area contributed by atoms with E-state index in [9.17, 15) is 14.0 Å². The van der Waals surface area contributed by atoms with Gasteiger partial charge in [0.2, 0.25) is 5.78 Å². The lowest BCUT2D eigenvalue weighted by Gasteiger charge is -2.08. The highest BCUT2D eigenvalue weighted by atomic mass is 79.9. The Balaban J connectivity index is 1.89. The maximum Gasteiger partial charge on any atom is 0.332 e. The summed E-state index contributed by atoms with van der Waals surface area (Å²) in [5.74, 6) is 0.578. The van der Waals surface area contributed by atoms with Crippen LogP contribution in [0.4, 0.5) is 4.39 Å². The molecule has 5 aromatic rings. The second kappa shape index (κ2) is 7.02. The summed E-state index contributed by atoms with van der Waals surface area (Å²) in [5.41, 5.74) is 1.39. The Hall–Kier alpha value is -3.53. The summed E-state index contributed by atoms with van der Waals surface area (Å²) >= 11 is 3.42. The fourth-order valence-electron chi connectivity index (χ4n) is 3.76. The first kappa shape index (κ1) is 19.4. The number of fused-ring (bicyclic) bond motifs is 3. The molecular weight excluding hydrogens is 467 g/mol. The van der Waals surface area contributed by atoms with Crippen LogP contribution in [-0.2, 0) is 20.6 Å². The Kier molecular flexibility index (Phi) is 4.40. The average molecular weight is 483 g/mol. The van der Waals surface area contributed by atoms with E-state index in [2.05, 4.69) is 26.1 Å². The molecule has 0 radical (unpaired) electrons. The summed E-state index contributed by atoms with van der Waals surface area (Å²) < 4.78 is 20.2. The molecule has 0 atom stereocenters. The third-order valence-electron chi connectivity index (χ3n) is 5.34. The van der Waals surface area contributed by atoms with Crippen LogP contribution in [0, 0.1) is 5.82 Å². The van der Waals surface area contributed by atoms with Gasteiger partial charge in [-0.05, 0) is 29.8 Å². The van der Waals surface area contributed by atoms with E-state index in [0.29, 0.717) is 22.8 Å². The normalized spacial score (nSPS) is 11.6. The molecule has 0 unspecified atom stereocenters. The predicted octanol–water partition coefficient (Wildman–Crippen LogP) is 2.70. The van der Waals surface area contributed by atoms with Crippen molar-refractivity contribution in [3.8, 4) is 11.4 Å². The molecule has 0 aliphatic heterocycles. The van der Waals surface area contributed by atoms with Crippen LogP contribution in [0.2, 0.25) is 0 Å². The van der Waals surface area contributed by atoms with Gasteiger partial charge < -0.3 is 0 Å². The molecule has 0 amide bonds. The molecule has 5 rings (SSSR count). The molecule has 2 aromatic carbocycles. The molecule has 8 nitrogen and oxygen atoms in total. The number of imidazole rings is 1. The van der Waals surface area contributed by atoms with Crippen molar-refractivity contribution in [1.82, 2.24) is 28.3 Å². The van der Waals surface area contributed by atoms with Crippen LogP contribution in [-0.4, -0.2) is 28.3 Å². The quantitative estimate of drug-likeness (QED) is 0.396. The first-order valence-electron chi connectivity index (χ1n) is 9.40. The van der Waals surface area contributed by atoms with Gasteiger partial charge in [0.15, 0.2) is 17.0 Å². The number of aryl methyl sites for hydroxylation is 1. The first-order valence-corrected chi connectivity index (χ1v) is 10.2. The van der Waals surface area contributed by atoms with Crippen LogP contribution in [0.3, 0.4) is 0 Å². The zero-order valence-corrected chi connectivity index (χ0v) is 18.2. The van der Waals surface area contributed by atoms with Gasteiger partial charge >= 0.3 is 5.69 Å². The second-order valence-electron chi connectivity index (χ2n) is 7.26. The van der Waals surface area contributed by atoms with Crippen molar-refractivity contribution in [2.45, 2.75) is 6.54 Å². The maximum atomic E-state index is 13.4. The van der Waals surface area contributed by atoms with Crippen molar-refractivity contribution in [2.24, 2.45) is 14.1 Å². The Labute approximate surface area is 182 Å². The first-order chi connectivity index (χ1) is 14.9. The van der Waals surface area contributed by atoms with Crippen LogP contribution in [0.1, 0.15) is 5.56 Å². The van der Waals surface area contributed by atoms with E-state index in [0.717, 1.165) is 20.2 Å². The van der Waals surface area contributed by atoms with Crippen molar-refractivity contribution in [2.75, 3.05) is 0 Å². The van der Waals surface area contributed by atoms with Crippen molar-refractivity contribution >= 4 is 32.9 Å². The van der Waals surface area contributed by atoms with E-state index in [-0.39, 0.29) is 12.4 Å². The zero-order chi connectivity index (χ0) is 21.9. The second-order valence-corrected chi connectivity index (χ2v) is 8.17. The van der Waals surface area contributed by atoms with Gasteiger partial charge in [0.25, 0.3) is 5.56 Å². The summed E-state index contributed by atoms with van der Waals surface area (Å²) in [7, 11) is 3.05. The minimum absolute atomic E-state index is 0.263. The molecule has 156 valence electrons. The Bertz CT molecular complexity index is 1580. The van der Waals surface area contributed by atoms with Gasteiger partial charge in [0.1, 0.15) is 5.82 Å². The monoisotopic (exact) mass is 482 g/mol. The SMILES string of the molecule is Cn1c(=O)c2c(n(C)c1=O)n1c(-c3ccc(Br)cc3)nnc1n2Cc1ccc(F)cc1. The van der Waals surface area contributed by atoms with Gasteiger partial charge in [-0.25, -0.2) is 13.6 Å². The zero-order valence-electron chi connectivity index (χ0n) is 16.6. The highest BCUT2D eigenvalue weighted by molar-refractivity contribution is 9.10. The van der Waals surface area contributed by atoms with Crippen LogP contribution >= 0.6 is 15.9 Å². The molecule has 0 aliphatic rings. The third kappa shape index (κ3) is 2.94. The number of hydrogen-bond acceptors (Lipinski definition) is 4. The van der Waals surface area contributed by atoms with E-state index < -0.39 is 11.2 Å². The molecule has 3 heterocycles. The minimum atomic E-state index is -0.450. The number of nitrogens with zero attached hydrogens (tertiary/aromatic N) is 6. The lowest BCUT2D eigenvalue weighted by Crippen LogP contribution is -2.37. The van der Waals surface area contributed by atoms with Crippen LogP contribution < -0.4 is 11.2 Å². The number of rotatable bonds is 3. The standard InChI is InChI=1S/C21H16BrFN6O2/c1-26-18-16(19(30)27(2)21(26)31)28(11-12-3-9-15(23)10-4-12)20-25-24-17(29(18)20)13-5-7-14(22)8-6-13/h3-10H,11H2,1-2H3. The smallest absolute Gasteiger partial charge is 0.298 e. The lowest BCUT2D eigenvalue weighted by atomic mass is 10.2. The molecule has 3 aromatic heterocycles. The van der Waals surface area contributed by atoms with Crippen LogP contribution in [0.15, 0.2) is 62.6 Å². The lowest BCUT2D eigenvalue weighted by molar-refractivity contribution is 0.626. The fraction of sp³-hybridized carbons (Fsp3) is 0.143. The summed E-state index contributed by atoms with van der Waals surface area (Å²) in [6.45, 7) is 0.263. The highest BCUT2D eigenvalue weighted by Crippen LogP contribution is 2.26. The van der Waals surface area contributed by atoms with Gasteiger partial charge in [-0.3, -0.25) is 18.5 Å². The van der Waals surface area contributed by atoms with E-state index in [1.54, 1.807) is 28.1 Å². The molecule has 0 aliphatic carbocycles. The molecule has 0 spiro atoms. The molecule has 10 heteroatoms. The van der Waals surface area contributed by atoms with E-state index in [1.165, 1.54) is 23.7 Å². The number of benzene rings is 2. The Morgan fingerprint density at radius 3 is 2.29 bits per heavy atom. The number of aromatic nitrogens is 6. The van der Waals surface area contributed by atoms with Gasteiger partial charge in [-0.15, -0.1) is 10.2 Å². The minimum Gasteiger partial charge on any atom is -0.298 e. The molecule has 0 fully saturated rings. The molecule has 0 N–H and O–H groups in total. The predicted molar refractivity (Wildman–Crippen MR) is 118 cm³/mol. The fourth-order valence-corrected chi connectivity index (χ4v) is 4.03. The van der Waals surface area contributed by atoms with Crippen LogP contribution in [0.25, 0.3) is 28.3 Å². The summed E-state index contributed by atoms with van der Waals surface area (Å²) in [6.07, 6.45) is 0. The van der Waals surface area contributed by atoms with E-state index in [4.69, 9.17) is 0 Å². The van der Waals surface area contributed by atoms with Crippen molar-refractivity contribution in [3.63, 3.8) is 0 Å². The molecule has 0 saturated heterocycles. The topological polar surface area (TPSA) is 79.1 Å². The van der Waals surface area contributed by atoms with Crippen molar-refractivity contribution < 1.29 is 4.39 Å². The largest absolute Gasteiger partial charge is 0.332 e. The number of halogens is 2. The molecule has 0 saturated carbocycles. The van der Waals surface area contributed by atoms with Crippen molar-refractivity contribution in [3.05, 3.63) is 85.2 Å². The maximum absolute atomic E-state index is 13.4. The van der Waals surface area contributed by atoms with Gasteiger partial charge in [-0.2, -0.15) is 0 Å². The summed E-state index contributed by atoms with van der Waals surface area (Å²) in [5, 5.41) is 8.67. The molecule has 31 heavy (non-hydrogen) atoms. The summed E-state index contributed by atoms with van der Waals surface area (Å²) in [6, 6.07) is 13.5. The highest BCUT2D eigenvalue weighted by Gasteiger charge is 2.24. The summed E-state index contributed by atoms with van der Waals surface area (Å²) in [4.78, 5) is 25.8. The Morgan fingerprint density at radius 2 is 1.61 bits per heavy atom. The Morgan fingerprint density at radius 1 is 0.935 bits per heavy atom. The van der Waals surface area contributed by atoms with Gasteiger partial charge in [0, 0.05) is 24.1 Å². The van der Waals surface area contributed by atoms with Gasteiger partial charge in [0.05, 0.1) is 6.54 Å². The van der Waals surface area contributed by atoms with Crippen molar-refractivity contribution in [1.29, 1.82) is 0 Å². The number of hydrogen-bond donors (Lipinski definition) is 0. The molecular formula is C21H16BrFN6O2. The average Bonchev–Trinajstić information content (AvgIpc) is 3.32. The van der Waals surface area contributed by atoms with E-state index in [1.807, 2.05) is 24.3 Å². The molecule has 0 bridgehead atoms. The third-order valence-corrected chi connectivity index (χ3v) is 5.86. The van der Waals surface area contributed by atoms with Gasteiger partial charge in [-0.1, -0.05) is 40.2 Å². The van der Waals surface area contributed by atoms with E-state index >= 15 is 0 Å². The van der Waals surface area contributed by atoms with Crippen LogP contribution in [0.5, 0.6) is 0 Å².